The Morgan fingerprint density at radius 3 is 2.80 bits per heavy atom. The first-order valence-electron chi connectivity index (χ1n) is 4.73. The number of carbonyl (C=O) groups is 1. The van der Waals surface area contributed by atoms with Crippen LogP contribution in [-0.4, -0.2) is 26.2 Å². The molecule has 0 aliphatic carbocycles. The molecule has 1 unspecified atom stereocenters. The lowest BCUT2D eigenvalue weighted by Gasteiger charge is -2.18. The van der Waals surface area contributed by atoms with Crippen LogP contribution in [-0.2, 0) is 21.1 Å². The van der Waals surface area contributed by atoms with E-state index in [4.69, 9.17) is 4.42 Å². The molecule has 0 aromatic carbocycles. The van der Waals surface area contributed by atoms with Gasteiger partial charge in [-0.3, -0.25) is 0 Å². The summed E-state index contributed by atoms with van der Waals surface area (Å²) in [7, 11) is -3.03. The highest BCUT2D eigenvalue weighted by molar-refractivity contribution is 7.91. The van der Waals surface area contributed by atoms with Crippen LogP contribution in [0.15, 0.2) is 23.0 Å². The average molecular weight is 228 g/mol. The van der Waals surface area contributed by atoms with Crippen molar-refractivity contribution in [3.05, 3.63) is 24.2 Å². The van der Waals surface area contributed by atoms with Gasteiger partial charge in [-0.15, -0.1) is 0 Å². The van der Waals surface area contributed by atoms with Gasteiger partial charge in [-0.05, 0) is 24.5 Å². The van der Waals surface area contributed by atoms with Gasteiger partial charge in [0.15, 0.2) is 9.84 Å². The van der Waals surface area contributed by atoms with Gasteiger partial charge in [0, 0.05) is 5.41 Å². The molecule has 0 spiro atoms. The molecule has 82 valence electrons. The van der Waals surface area contributed by atoms with Crippen LogP contribution in [0.4, 0.5) is 0 Å². The van der Waals surface area contributed by atoms with Gasteiger partial charge in [-0.25, -0.2) is 8.42 Å². The Balaban J connectivity index is 2.21. The maximum Gasteiger partial charge on any atom is 0.151 e. The van der Waals surface area contributed by atoms with Crippen molar-refractivity contribution in [1.82, 2.24) is 0 Å². The normalized spacial score (nSPS) is 29.1. The minimum absolute atomic E-state index is 0.0331. The van der Waals surface area contributed by atoms with E-state index in [2.05, 4.69) is 0 Å². The SMILES string of the molecule is O=CC1(Cc2ccoc2)CCS(=O)(=O)C1. The second kappa shape index (κ2) is 3.48. The third-order valence-electron chi connectivity index (χ3n) is 2.80. The molecular weight excluding hydrogens is 216 g/mol. The fourth-order valence-electron chi connectivity index (χ4n) is 2.01. The predicted molar refractivity (Wildman–Crippen MR) is 54.2 cm³/mol. The Kier molecular flexibility index (Phi) is 2.42. The van der Waals surface area contributed by atoms with Crippen LogP contribution in [0.5, 0.6) is 0 Å². The second-order valence-electron chi connectivity index (χ2n) is 4.13. The van der Waals surface area contributed by atoms with Gasteiger partial charge >= 0.3 is 0 Å². The van der Waals surface area contributed by atoms with Crippen LogP contribution in [0.3, 0.4) is 0 Å². The molecule has 0 saturated carbocycles. The molecule has 1 aliphatic rings. The Bertz CT molecular complexity index is 446. The molecule has 1 atom stereocenters. The number of hydrogen-bond donors (Lipinski definition) is 0. The first kappa shape index (κ1) is 10.4. The molecule has 2 rings (SSSR count). The lowest BCUT2D eigenvalue weighted by Crippen LogP contribution is -2.26. The van der Waals surface area contributed by atoms with E-state index in [1.165, 1.54) is 6.26 Å². The number of furan rings is 1. The van der Waals surface area contributed by atoms with Gasteiger partial charge in [0.1, 0.15) is 6.29 Å². The smallest absolute Gasteiger partial charge is 0.151 e. The molecule has 15 heavy (non-hydrogen) atoms. The summed E-state index contributed by atoms with van der Waals surface area (Å²) >= 11 is 0. The predicted octanol–water partition coefficient (Wildman–Crippen LogP) is 0.826. The van der Waals surface area contributed by atoms with E-state index in [1.807, 2.05) is 0 Å². The molecular formula is C10H12O4S. The van der Waals surface area contributed by atoms with Gasteiger partial charge in [0.2, 0.25) is 0 Å². The quantitative estimate of drug-likeness (QED) is 0.719. The number of aldehydes is 1. The summed E-state index contributed by atoms with van der Waals surface area (Å²) in [5.74, 6) is 0.0816. The summed E-state index contributed by atoms with van der Waals surface area (Å²) in [6, 6.07) is 1.76. The average Bonchev–Trinajstić information content (AvgIpc) is 2.75. The van der Waals surface area contributed by atoms with Crippen molar-refractivity contribution in [2.24, 2.45) is 5.41 Å². The van der Waals surface area contributed by atoms with Gasteiger partial charge in [-0.1, -0.05) is 0 Å². The number of rotatable bonds is 3. The summed E-state index contributed by atoms with van der Waals surface area (Å²) in [5.41, 5.74) is 0.141. The molecule has 0 N–H and O–H groups in total. The molecule has 0 radical (unpaired) electrons. The molecule has 5 heteroatoms. The van der Waals surface area contributed by atoms with Gasteiger partial charge in [0.25, 0.3) is 0 Å². The van der Waals surface area contributed by atoms with E-state index < -0.39 is 15.3 Å². The van der Waals surface area contributed by atoms with Crippen molar-refractivity contribution in [3.63, 3.8) is 0 Å². The molecule has 2 heterocycles. The van der Waals surface area contributed by atoms with E-state index in [1.54, 1.807) is 12.3 Å². The molecule has 1 fully saturated rings. The number of hydrogen-bond acceptors (Lipinski definition) is 4. The maximum absolute atomic E-state index is 11.4. The Morgan fingerprint density at radius 2 is 2.33 bits per heavy atom. The Hall–Kier alpha value is -1.10. The maximum atomic E-state index is 11.4. The van der Waals surface area contributed by atoms with Crippen molar-refractivity contribution in [1.29, 1.82) is 0 Å². The van der Waals surface area contributed by atoms with Crippen molar-refractivity contribution in [2.75, 3.05) is 11.5 Å². The fourth-order valence-corrected chi connectivity index (χ4v) is 4.07. The van der Waals surface area contributed by atoms with Crippen molar-refractivity contribution in [3.8, 4) is 0 Å². The first-order chi connectivity index (χ1) is 7.05. The minimum Gasteiger partial charge on any atom is -0.472 e. The monoisotopic (exact) mass is 228 g/mol. The number of carbonyl (C=O) groups excluding carboxylic acids is 1. The van der Waals surface area contributed by atoms with Crippen LogP contribution in [0, 0.1) is 5.41 Å². The van der Waals surface area contributed by atoms with Crippen LogP contribution in [0.1, 0.15) is 12.0 Å². The molecule has 4 nitrogen and oxygen atoms in total. The van der Waals surface area contributed by atoms with E-state index in [0.29, 0.717) is 12.8 Å². The topological polar surface area (TPSA) is 64.3 Å². The van der Waals surface area contributed by atoms with Gasteiger partial charge < -0.3 is 9.21 Å². The summed E-state index contributed by atoms with van der Waals surface area (Å²) < 4.78 is 27.6. The lowest BCUT2D eigenvalue weighted by molar-refractivity contribution is -0.115. The number of sulfone groups is 1. The summed E-state index contributed by atoms with van der Waals surface area (Å²) in [6.45, 7) is 0. The highest BCUT2D eigenvalue weighted by atomic mass is 32.2. The van der Waals surface area contributed by atoms with Crippen LogP contribution in [0.2, 0.25) is 0 Å². The van der Waals surface area contributed by atoms with Crippen LogP contribution < -0.4 is 0 Å². The van der Waals surface area contributed by atoms with Crippen molar-refractivity contribution in [2.45, 2.75) is 12.8 Å². The van der Waals surface area contributed by atoms with Gasteiger partial charge in [0.05, 0.1) is 24.0 Å². The largest absolute Gasteiger partial charge is 0.472 e. The second-order valence-corrected chi connectivity index (χ2v) is 6.31. The lowest BCUT2D eigenvalue weighted by atomic mass is 9.83. The third-order valence-corrected chi connectivity index (χ3v) is 4.65. The van der Waals surface area contributed by atoms with E-state index >= 15 is 0 Å². The van der Waals surface area contributed by atoms with E-state index in [9.17, 15) is 13.2 Å². The highest BCUT2D eigenvalue weighted by Crippen LogP contribution is 2.33. The molecule has 0 amide bonds. The fraction of sp³-hybridized carbons (Fsp3) is 0.500. The van der Waals surface area contributed by atoms with Crippen molar-refractivity contribution >= 4 is 16.1 Å². The standard InChI is InChI=1S/C10H12O4S/c11-7-10(2-4-15(12,13)8-10)5-9-1-3-14-6-9/h1,3,6-7H,2,4-5,8H2. The zero-order valence-electron chi connectivity index (χ0n) is 8.18. The van der Waals surface area contributed by atoms with E-state index in [0.717, 1.165) is 11.8 Å². The van der Waals surface area contributed by atoms with E-state index in [-0.39, 0.29) is 11.5 Å². The summed E-state index contributed by atoms with van der Waals surface area (Å²) in [6.07, 6.45) is 4.73. The first-order valence-corrected chi connectivity index (χ1v) is 6.55. The summed E-state index contributed by atoms with van der Waals surface area (Å²) in [5, 5.41) is 0. The zero-order valence-corrected chi connectivity index (χ0v) is 9.00. The molecule has 1 saturated heterocycles. The Labute approximate surface area is 88.2 Å². The molecule has 1 aliphatic heterocycles. The minimum atomic E-state index is -3.03. The Morgan fingerprint density at radius 1 is 1.53 bits per heavy atom. The highest BCUT2D eigenvalue weighted by Gasteiger charge is 2.42. The third kappa shape index (κ3) is 2.12. The van der Waals surface area contributed by atoms with Crippen LogP contribution >= 0.6 is 0 Å². The van der Waals surface area contributed by atoms with Crippen LogP contribution in [0.25, 0.3) is 0 Å². The van der Waals surface area contributed by atoms with Gasteiger partial charge in [-0.2, -0.15) is 0 Å². The molecule has 1 aromatic rings. The molecule has 0 bridgehead atoms. The summed E-state index contributed by atoms with van der Waals surface area (Å²) in [4.78, 5) is 11.0. The zero-order chi connectivity index (χ0) is 10.9. The molecule has 1 aromatic heterocycles. The van der Waals surface area contributed by atoms with Crippen molar-refractivity contribution < 1.29 is 17.6 Å².